The second kappa shape index (κ2) is 6.33. The Morgan fingerprint density at radius 1 is 1.56 bits per heavy atom. The largest absolute Gasteiger partial charge is 0.335 e. The van der Waals surface area contributed by atoms with E-state index in [1.165, 1.54) is 0 Å². The number of piperidine rings is 1. The molecule has 1 heterocycles. The van der Waals surface area contributed by atoms with E-state index in [4.69, 9.17) is 5.26 Å². The lowest BCUT2D eigenvalue weighted by Gasteiger charge is -2.31. The van der Waals surface area contributed by atoms with Crippen molar-refractivity contribution in [1.82, 2.24) is 15.1 Å². The van der Waals surface area contributed by atoms with Crippen molar-refractivity contribution in [3.05, 3.63) is 0 Å². The number of urea groups is 1. The summed E-state index contributed by atoms with van der Waals surface area (Å²) in [5.41, 5.74) is 0. The van der Waals surface area contributed by atoms with Crippen molar-refractivity contribution in [3.8, 4) is 6.07 Å². The second-order valence-corrected chi connectivity index (χ2v) is 4.17. The standard InChI is InChI=1S/C11H20N4O/c1-3-14(2)11(16)13-10-4-7-15(8-5-10)9-6-12/h10H,3-5,7-9H2,1-2H3,(H,13,16). The molecule has 1 fully saturated rings. The van der Waals surface area contributed by atoms with Crippen molar-refractivity contribution in [2.45, 2.75) is 25.8 Å². The molecule has 5 heteroatoms. The molecule has 0 aromatic rings. The predicted molar refractivity (Wildman–Crippen MR) is 61.9 cm³/mol. The van der Waals surface area contributed by atoms with Gasteiger partial charge in [-0.25, -0.2) is 4.79 Å². The molecule has 1 saturated heterocycles. The minimum Gasteiger partial charge on any atom is -0.335 e. The third-order valence-electron chi connectivity index (χ3n) is 3.03. The maximum Gasteiger partial charge on any atom is 0.317 e. The number of rotatable bonds is 3. The van der Waals surface area contributed by atoms with Gasteiger partial charge in [0.2, 0.25) is 0 Å². The SMILES string of the molecule is CCN(C)C(=O)NC1CCN(CC#N)CC1. The Kier molecular flexibility index (Phi) is 5.06. The van der Waals surface area contributed by atoms with Gasteiger partial charge < -0.3 is 10.2 Å². The molecule has 0 spiro atoms. The van der Waals surface area contributed by atoms with E-state index in [0.29, 0.717) is 6.54 Å². The molecule has 0 aromatic heterocycles. The van der Waals surface area contributed by atoms with Crippen LogP contribution in [0.2, 0.25) is 0 Å². The van der Waals surface area contributed by atoms with Crippen LogP contribution in [0.1, 0.15) is 19.8 Å². The Bertz CT molecular complexity index is 266. The third kappa shape index (κ3) is 3.70. The molecule has 0 unspecified atom stereocenters. The van der Waals surface area contributed by atoms with Crippen molar-refractivity contribution in [2.24, 2.45) is 0 Å². The molecule has 2 amide bonds. The summed E-state index contributed by atoms with van der Waals surface area (Å²) in [5.74, 6) is 0. The molecule has 1 aliphatic rings. The molecule has 0 saturated carbocycles. The summed E-state index contributed by atoms with van der Waals surface area (Å²) in [5, 5.41) is 11.6. The van der Waals surface area contributed by atoms with Gasteiger partial charge in [-0.3, -0.25) is 4.90 Å². The predicted octanol–water partition coefficient (Wildman–Crippen LogP) is 0.636. The van der Waals surface area contributed by atoms with Gasteiger partial charge in [0.1, 0.15) is 0 Å². The summed E-state index contributed by atoms with van der Waals surface area (Å²) >= 11 is 0. The van der Waals surface area contributed by atoms with Gasteiger partial charge in [0.15, 0.2) is 0 Å². The smallest absolute Gasteiger partial charge is 0.317 e. The van der Waals surface area contributed by atoms with E-state index in [-0.39, 0.29) is 12.1 Å². The van der Waals surface area contributed by atoms with Gasteiger partial charge in [-0.2, -0.15) is 5.26 Å². The Morgan fingerprint density at radius 2 is 2.19 bits per heavy atom. The second-order valence-electron chi connectivity index (χ2n) is 4.17. The molecule has 0 atom stereocenters. The lowest BCUT2D eigenvalue weighted by atomic mass is 10.1. The summed E-state index contributed by atoms with van der Waals surface area (Å²) in [6, 6.07) is 2.41. The number of nitrogens with zero attached hydrogens (tertiary/aromatic N) is 3. The molecule has 1 rings (SSSR count). The van der Waals surface area contributed by atoms with Crippen LogP contribution >= 0.6 is 0 Å². The highest BCUT2D eigenvalue weighted by atomic mass is 16.2. The highest BCUT2D eigenvalue weighted by Gasteiger charge is 2.20. The van der Waals surface area contributed by atoms with Crippen molar-refractivity contribution >= 4 is 6.03 Å². The number of nitrogens with one attached hydrogen (secondary N) is 1. The van der Waals surface area contributed by atoms with Gasteiger partial charge in [0.25, 0.3) is 0 Å². The fourth-order valence-corrected chi connectivity index (χ4v) is 1.76. The number of nitriles is 1. The fraction of sp³-hybridized carbons (Fsp3) is 0.818. The zero-order valence-corrected chi connectivity index (χ0v) is 10.1. The average molecular weight is 224 g/mol. The Morgan fingerprint density at radius 3 is 2.69 bits per heavy atom. The Balaban J connectivity index is 2.27. The number of hydrogen-bond acceptors (Lipinski definition) is 3. The quantitative estimate of drug-likeness (QED) is 0.715. The zero-order valence-electron chi connectivity index (χ0n) is 10.1. The van der Waals surface area contributed by atoms with Crippen LogP contribution < -0.4 is 5.32 Å². The van der Waals surface area contributed by atoms with E-state index >= 15 is 0 Å². The van der Waals surface area contributed by atoms with Crippen molar-refractivity contribution in [2.75, 3.05) is 33.2 Å². The molecule has 1 aliphatic heterocycles. The third-order valence-corrected chi connectivity index (χ3v) is 3.03. The number of carbonyl (C=O) groups excluding carboxylic acids is 1. The number of likely N-dealkylation sites (tertiary alicyclic amines) is 1. The molecule has 0 radical (unpaired) electrons. The maximum atomic E-state index is 11.6. The molecule has 90 valence electrons. The summed E-state index contributed by atoms with van der Waals surface area (Å²) in [7, 11) is 1.79. The van der Waals surface area contributed by atoms with E-state index in [9.17, 15) is 4.79 Å². The summed E-state index contributed by atoms with van der Waals surface area (Å²) < 4.78 is 0. The van der Waals surface area contributed by atoms with Crippen LogP contribution in [-0.4, -0.2) is 55.1 Å². The molecular formula is C11H20N4O. The molecular weight excluding hydrogens is 204 g/mol. The summed E-state index contributed by atoms with van der Waals surface area (Å²) in [6.07, 6.45) is 1.87. The van der Waals surface area contributed by atoms with Crippen LogP contribution in [0, 0.1) is 11.3 Å². The molecule has 0 aliphatic carbocycles. The zero-order chi connectivity index (χ0) is 12.0. The van der Waals surface area contributed by atoms with Crippen LogP contribution in [0.15, 0.2) is 0 Å². The first-order chi connectivity index (χ1) is 7.67. The minimum atomic E-state index is 0.00114. The van der Waals surface area contributed by atoms with Crippen molar-refractivity contribution < 1.29 is 4.79 Å². The van der Waals surface area contributed by atoms with Crippen LogP contribution in [0.5, 0.6) is 0 Å². The first-order valence-corrected chi connectivity index (χ1v) is 5.78. The first kappa shape index (κ1) is 12.8. The minimum absolute atomic E-state index is 0.00114. The van der Waals surface area contributed by atoms with Gasteiger partial charge in [-0.15, -0.1) is 0 Å². The number of amides is 2. The van der Waals surface area contributed by atoms with Crippen molar-refractivity contribution in [1.29, 1.82) is 5.26 Å². The average Bonchev–Trinajstić information content (AvgIpc) is 2.31. The maximum absolute atomic E-state index is 11.6. The van der Waals surface area contributed by atoms with E-state index in [2.05, 4.69) is 16.3 Å². The van der Waals surface area contributed by atoms with Gasteiger partial charge in [0.05, 0.1) is 12.6 Å². The van der Waals surface area contributed by atoms with Gasteiger partial charge >= 0.3 is 6.03 Å². The van der Waals surface area contributed by atoms with Crippen LogP contribution in [0.4, 0.5) is 4.79 Å². The van der Waals surface area contributed by atoms with Gasteiger partial charge in [-0.05, 0) is 19.8 Å². The lowest BCUT2D eigenvalue weighted by Crippen LogP contribution is -2.48. The summed E-state index contributed by atoms with van der Waals surface area (Å²) in [6.45, 7) is 4.96. The number of hydrogen-bond donors (Lipinski definition) is 1. The highest BCUT2D eigenvalue weighted by molar-refractivity contribution is 5.74. The summed E-state index contributed by atoms with van der Waals surface area (Å²) in [4.78, 5) is 15.4. The van der Waals surface area contributed by atoms with E-state index in [1.807, 2.05) is 6.92 Å². The topological polar surface area (TPSA) is 59.4 Å². The van der Waals surface area contributed by atoms with Crippen LogP contribution in [0.3, 0.4) is 0 Å². The fourth-order valence-electron chi connectivity index (χ4n) is 1.76. The molecule has 0 aromatic carbocycles. The molecule has 16 heavy (non-hydrogen) atoms. The Labute approximate surface area is 97.0 Å². The molecule has 1 N–H and O–H groups in total. The first-order valence-electron chi connectivity index (χ1n) is 5.78. The van der Waals surface area contributed by atoms with Gasteiger partial charge in [0, 0.05) is 32.7 Å². The van der Waals surface area contributed by atoms with Crippen LogP contribution in [0.25, 0.3) is 0 Å². The monoisotopic (exact) mass is 224 g/mol. The van der Waals surface area contributed by atoms with Crippen molar-refractivity contribution in [3.63, 3.8) is 0 Å². The van der Waals surface area contributed by atoms with Crippen LogP contribution in [-0.2, 0) is 0 Å². The normalized spacial score (nSPS) is 17.8. The van der Waals surface area contributed by atoms with Gasteiger partial charge in [-0.1, -0.05) is 0 Å². The lowest BCUT2D eigenvalue weighted by molar-refractivity contribution is 0.187. The van der Waals surface area contributed by atoms with E-state index in [0.717, 1.165) is 32.5 Å². The molecule has 5 nitrogen and oxygen atoms in total. The Hall–Kier alpha value is -1.28. The highest BCUT2D eigenvalue weighted by Crippen LogP contribution is 2.09. The van der Waals surface area contributed by atoms with E-state index < -0.39 is 0 Å². The number of carbonyl (C=O) groups is 1. The molecule has 0 bridgehead atoms. The van der Waals surface area contributed by atoms with E-state index in [1.54, 1.807) is 11.9 Å².